The monoisotopic (exact) mass is 243 g/mol. The van der Waals surface area contributed by atoms with Crippen LogP contribution < -0.4 is 0 Å². The Morgan fingerprint density at radius 3 is 2.87 bits per heavy atom. The molecule has 0 aliphatic heterocycles. The second-order valence-electron chi connectivity index (χ2n) is 2.82. The lowest BCUT2D eigenvalue weighted by Gasteiger charge is -1.86. The van der Waals surface area contributed by atoms with Crippen molar-refractivity contribution in [2.24, 2.45) is 7.05 Å². The molecule has 0 aliphatic carbocycles. The van der Waals surface area contributed by atoms with Crippen molar-refractivity contribution >= 4 is 28.9 Å². The van der Waals surface area contributed by atoms with Crippen LogP contribution in [-0.2, 0) is 7.05 Å². The van der Waals surface area contributed by atoms with Crippen LogP contribution in [0.2, 0.25) is 5.15 Å². The van der Waals surface area contributed by atoms with Crippen molar-refractivity contribution in [1.29, 1.82) is 0 Å². The van der Waals surface area contributed by atoms with E-state index in [9.17, 15) is 4.79 Å². The Bertz CT molecular complexity index is 520. The van der Waals surface area contributed by atoms with Crippen LogP contribution in [0, 0.1) is 0 Å². The van der Waals surface area contributed by atoms with Gasteiger partial charge in [0.2, 0.25) is 0 Å². The number of hydrogen-bond acceptors (Lipinski definition) is 4. The molecule has 78 valence electrons. The maximum atomic E-state index is 10.7. The largest absolute Gasteiger partial charge is 0.477 e. The zero-order valence-corrected chi connectivity index (χ0v) is 9.21. The average molecular weight is 244 g/mol. The Kier molecular flexibility index (Phi) is 2.45. The lowest BCUT2D eigenvalue weighted by atomic mass is 10.5. The highest BCUT2D eigenvalue weighted by atomic mass is 35.5. The number of aromatic carboxylic acids is 1. The summed E-state index contributed by atoms with van der Waals surface area (Å²) in [6.07, 6.45) is 1.76. The first-order valence-corrected chi connectivity index (χ1v) is 5.17. The van der Waals surface area contributed by atoms with Crippen molar-refractivity contribution in [3.05, 3.63) is 22.3 Å². The summed E-state index contributed by atoms with van der Waals surface area (Å²) in [6, 6.07) is 1.75. The van der Waals surface area contributed by atoms with Crippen molar-refractivity contribution in [2.75, 3.05) is 0 Å². The maximum absolute atomic E-state index is 10.7. The SMILES string of the molecule is Cn1ccc(-c2nc(Cl)c(C(=O)O)s2)n1. The number of aryl methyl sites for hydroxylation is 1. The number of hydrogen-bond donors (Lipinski definition) is 1. The van der Waals surface area contributed by atoms with Gasteiger partial charge in [0.25, 0.3) is 0 Å². The third kappa shape index (κ3) is 1.86. The summed E-state index contributed by atoms with van der Waals surface area (Å²) >= 11 is 6.70. The second-order valence-corrected chi connectivity index (χ2v) is 4.18. The number of carboxylic acid groups (broad SMARTS) is 1. The highest BCUT2D eigenvalue weighted by Gasteiger charge is 2.17. The minimum Gasteiger partial charge on any atom is -0.477 e. The molecule has 0 spiro atoms. The van der Waals surface area contributed by atoms with E-state index in [1.807, 2.05) is 0 Å². The summed E-state index contributed by atoms with van der Waals surface area (Å²) in [5.41, 5.74) is 0.622. The van der Waals surface area contributed by atoms with Crippen LogP contribution >= 0.6 is 22.9 Å². The van der Waals surface area contributed by atoms with Crippen molar-refractivity contribution in [1.82, 2.24) is 14.8 Å². The third-order valence-electron chi connectivity index (χ3n) is 1.71. The van der Waals surface area contributed by atoms with Gasteiger partial charge in [0.05, 0.1) is 0 Å². The van der Waals surface area contributed by atoms with E-state index < -0.39 is 5.97 Å². The van der Waals surface area contributed by atoms with Crippen LogP contribution in [0.1, 0.15) is 9.67 Å². The van der Waals surface area contributed by atoms with Crippen LogP contribution in [0.15, 0.2) is 12.3 Å². The Morgan fingerprint density at radius 1 is 1.67 bits per heavy atom. The molecule has 2 rings (SSSR count). The molecule has 0 bridgehead atoms. The van der Waals surface area contributed by atoms with Gasteiger partial charge in [0.1, 0.15) is 10.7 Å². The van der Waals surface area contributed by atoms with E-state index in [0.29, 0.717) is 10.7 Å². The molecule has 15 heavy (non-hydrogen) atoms. The van der Waals surface area contributed by atoms with Crippen LogP contribution in [0.3, 0.4) is 0 Å². The van der Waals surface area contributed by atoms with Gasteiger partial charge in [-0.3, -0.25) is 4.68 Å². The smallest absolute Gasteiger partial charge is 0.349 e. The quantitative estimate of drug-likeness (QED) is 0.875. The van der Waals surface area contributed by atoms with E-state index in [1.165, 1.54) is 0 Å². The molecule has 0 aromatic carbocycles. The number of carbonyl (C=O) groups is 1. The Morgan fingerprint density at radius 2 is 2.40 bits per heavy atom. The van der Waals surface area contributed by atoms with Gasteiger partial charge in [-0.05, 0) is 6.07 Å². The fraction of sp³-hybridized carbons (Fsp3) is 0.125. The molecule has 0 aliphatic rings. The second kappa shape index (κ2) is 3.63. The third-order valence-corrected chi connectivity index (χ3v) is 3.16. The molecule has 0 fully saturated rings. The molecule has 0 saturated carbocycles. The molecule has 0 unspecified atom stereocenters. The van der Waals surface area contributed by atoms with Gasteiger partial charge in [-0.2, -0.15) is 5.10 Å². The Hall–Kier alpha value is -1.40. The van der Waals surface area contributed by atoms with E-state index in [1.54, 1.807) is 24.0 Å². The van der Waals surface area contributed by atoms with Crippen molar-refractivity contribution in [3.63, 3.8) is 0 Å². The molecular formula is C8H6ClN3O2S. The minimum atomic E-state index is -1.07. The molecule has 7 heteroatoms. The summed E-state index contributed by atoms with van der Waals surface area (Å²) in [6.45, 7) is 0. The fourth-order valence-electron chi connectivity index (χ4n) is 1.07. The van der Waals surface area contributed by atoms with Crippen molar-refractivity contribution in [3.8, 4) is 10.7 Å². The fourth-order valence-corrected chi connectivity index (χ4v) is 2.16. The number of nitrogens with zero attached hydrogens (tertiary/aromatic N) is 3. The topological polar surface area (TPSA) is 68.0 Å². The van der Waals surface area contributed by atoms with Crippen LogP contribution in [0.4, 0.5) is 0 Å². The molecule has 2 aromatic rings. The molecule has 1 N–H and O–H groups in total. The predicted molar refractivity (Wildman–Crippen MR) is 56.3 cm³/mol. The van der Waals surface area contributed by atoms with Gasteiger partial charge in [-0.1, -0.05) is 11.6 Å². The van der Waals surface area contributed by atoms with Crippen LogP contribution in [0.5, 0.6) is 0 Å². The molecule has 2 aromatic heterocycles. The van der Waals surface area contributed by atoms with E-state index in [-0.39, 0.29) is 10.0 Å². The number of aromatic nitrogens is 3. The molecule has 0 saturated heterocycles. The van der Waals surface area contributed by atoms with Gasteiger partial charge < -0.3 is 5.11 Å². The van der Waals surface area contributed by atoms with Gasteiger partial charge in [-0.15, -0.1) is 11.3 Å². The highest BCUT2D eigenvalue weighted by molar-refractivity contribution is 7.17. The Balaban J connectivity index is 2.46. The number of carboxylic acids is 1. The number of thiazole rings is 1. The molecule has 5 nitrogen and oxygen atoms in total. The predicted octanol–water partition coefficient (Wildman–Crippen LogP) is 1.90. The van der Waals surface area contributed by atoms with E-state index in [2.05, 4.69) is 10.1 Å². The highest BCUT2D eigenvalue weighted by Crippen LogP contribution is 2.29. The lowest BCUT2D eigenvalue weighted by molar-refractivity contribution is 0.0702. The molecule has 0 amide bonds. The summed E-state index contributed by atoms with van der Waals surface area (Å²) in [5.74, 6) is -1.07. The van der Waals surface area contributed by atoms with Gasteiger partial charge in [0, 0.05) is 13.2 Å². The summed E-state index contributed by atoms with van der Waals surface area (Å²) in [5, 5.41) is 13.4. The Labute approximate surface area is 93.9 Å². The van der Waals surface area contributed by atoms with Gasteiger partial charge in [-0.25, -0.2) is 9.78 Å². The number of halogens is 1. The standard InChI is InChI=1S/C8H6ClN3O2S/c1-12-3-2-4(11-12)7-10-6(9)5(15-7)8(13)14/h2-3H,1H3,(H,13,14). The summed E-state index contributed by atoms with van der Waals surface area (Å²) < 4.78 is 1.62. The van der Waals surface area contributed by atoms with E-state index >= 15 is 0 Å². The summed E-state index contributed by atoms with van der Waals surface area (Å²) in [4.78, 5) is 14.7. The molecule has 2 heterocycles. The van der Waals surface area contributed by atoms with E-state index in [4.69, 9.17) is 16.7 Å². The molecule has 0 atom stereocenters. The minimum absolute atomic E-state index is 0.00755. The number of rotatable bonds is 2. The average Bonchev–Trinajstić information content (AvgIpc) is 2.71. The summed E-state index contributed by atoms with van der Waals surface area (Å²) in [7, 11) is 1.77. The first-order chi connectivity index (χ1) is 7.08. The zero-order chi connectivity index (χ0) is 11.0. The first-order valence-electron chi connectivity index (χ1n) is 3.97. The van der Waals surface area contributed by atoms with Gasteiger partial charge in [0.15, 0.2) is 10.0 Å². The molecular weight excluding hydrogens is 238 g/mol. The normalized spacial score (nSPS) is 10.5. The maximum Gasteiger partial charge on any atom is 0.349 e. The van der Waals surface area contributed by atoms with Crippen molar-refractivity contribution in [2.45, 2.75) is 0 Å². The lowest BCUT2D eigenvalue weighted by Crippen LogP contribution is -1.91. The van der Waals surface area contributed by atoms with E-state index in [0.717, 1.165) is 11.3 Å². The van der Waals surface area contributed by atoms with Crippen LogP contribution in [-0.4, -0.2) is 25.8 Å². The van der Waals surface area contributed by atoms with Crippen molar-refractivity contribution < 1.29 is 9.90 Å². The zero-order valence-electron chi connectivity index (χ0n) is 7.64. The van der Waals surface area contributed by atoms with Crippen LogP contribution in [0.25, 0.3) is 10.7 Å². The molecule has 0 radical (unpaired) electrons. The first kappa shape index (κ1) is 10.1. The van der Waals surface area contributed by atoms with Gasteiger partial charge >= 0.3 is 5.97 Å².